The quantitative estimate of drug-likeness (QED) is 0.825. The van der Waals surface area contributed by atoms with E-state index in [4.69, 9.17) is 9.47 Å². The minimum atomic E-state index is -0.329. The highest BCUT2D eigenvalue weighted by Crippen LogP contribution is 2.35. The van der Waals surface area contributed by atoms with Gasteiger partial charge in [-0.15, -0.1) is 0 Å². The van der Waals surface area contributed by atoms with E-state index < -0.39 is 0 Å². The summed E-state index contributed by atoms with van der Waals surface area (Å²) in [7, 11) is 0. The van der Waals surface area contributed by atoms with E-state index in [0.29, 0.717) is 31.8 Å². The van der Waals surface area contributed by atoms with Gasteiger partial charge in [0.1, 0.15) is 0 Å². The molecule has 3 rings (SSSR count). The van der Waals surface area contributed by atoms with E-state index in [0.717, 1.165) is 32.2 Å². The zero-order chi connectivity index (χ0) is 14.0. The normalized spacial score (nSPS) is 26.3. The standard InChI is InChI=1S/C15H26N2O3/c1-2-17(13-3-4-13)11-14(18)16-12-5-7-15(8-6-12)19-9-10-20-15/h12-13H,2-11H2,1H3,(H,16,18). The first-order valence-electron chi connectivity index (χ1n) is 8.02. The number of hydrogen-bond acceptors (Lipinski definition) is 4. The van der Waals surface area contributed by atoms with Crippen LogP contribution in [0.1, 0.15) is 45.4 Å². The lowest BCUT2D eigenvalue weighted by Crippen LogP contribution is -2.47. The zero-order valence-corrected chi connectivity index (χ0v) is 12.4. The van der Waals surface area contributed by atoms with E-state index in [1.165, 1.54) is 12.8 Å². The van der Waals surface area contributed by atoms with Gasteiger partial charge in [0.2, 0.25) is 5.91 Å². The molecule has 1 N–H and O–H groups in total. The third kappa shape index (κ3) is 3.32. The molecule has 114 valence electrons. The Labute approximate surface area is 121 Å². The first kappa shape index (κ1) is 14.3. The molecule has 3 fully saturated rings. The molecule has 5 heteroatoms. The molecule has 0 aromatic heterocycles. The maximum absolute atomic E-state index is 12.1. The van der Waals surface area contributed by atoms with E-state index in [9.17, 15) is 4.79 Å². The van der Waals surface area contributed by atoms with Crippen molar-refractivity contribution in [1.82, 2.24) is 10.2 Å². The van der Waals surface area contributed by atoms with Gasteiger partial charge < -0.3 is 14.8 Å². The summed E-state index contributed by atoms with van der Waals surface area (Å²) < 4.78 is 11.4. The molecule has 2 aliphatic carbocycles. The molecule has 0 atom stereocenters. The summed E-state index contributed by atoms with van der Waals surface area (Å²) in [6.07, 6.45) is 6.22. The Morgan fingerprint density at radius 1 is 1.20 bits per heavy atom. The van der Waals surface area contributed by atoms with Gasteiger partial charge in [-0.05, 0) is 32.2 Å². The van der Waals surface area contributed by atoms with Gasteiger partial charge in [0.25, 0.3) is 0 Å². The maximum Gasteiger partial charge on any atom is 0.234 e. The molecule has 0 radical (unpaired) electrons. The van der Waals surface area contributed by atoms with Gasteiger partial charge in [0.15, 0.2) is 5.79 Å². The first-order valence-corrected chi connectivity index (χ1v) is 8.02. The van der Waals surface area contributed by atoms with Crippen LogP contribution in [0, 0.1) is 0 Å². The van der Waals surface area contributed by atoms with Crippen LogP contribution in [-0.2, 0) is 14.3 Å². The van der Waals surface area contributed by atoms with Crippen molar-refractivity contribution in [2.24, 2.45) is 0 Å². The van der Waals surface area contributed by atoms with Crippen LogP contribution in [0.15, 0.2) is 0 Å². The molecule has 0 aromatic rings. The van der Waals surface area contributed by atoms with Crippen molar-refractivity contribution in [1.29, 1.82) is 0 Å². The summed E-state index contributed by atoms with van der Waals surface area (Å²) in [4.78, 5) is 14.4. The Bertz CT molecular complexity index is 341. The van der Waals surface area contributed by atoms with Crippen LogP contribution in [0.2, 0.25) is 0 Å². The molecule has 5 nitrogen and oxygen atoms in total. The molecular formula is C15H26N2O3. The molecule has 0 unspecified atom stereocenters. The number of amides is 1. The van der Waals surface area contributed by atoms with E-state index in [2.05, 4.69) is 17.1 Å². The van der Waals surface area contributed by atoms with Crippen LogP contribution < -0.4 is 5.32 Å². The molecule has 1 saturated heterocycles. The second kappa shape index (κ2) is 6.00. The minimum Gasteiger partial charge on any atom is -0.352 e. The van der Waals surface area contributed by atoms with Crippen LogP contribution in [0.25, 0.3) is 0 Å². The Balaban J connectivity index is 1.41. The second-order valence-corrected chi connectivity index (χ2v) is 6.24. The van der Waals surface area contributed by atoms with Gasteiger partial charge >= 0.3 is 0 Å². The molecule has 2 saturated carbocycles. The topological polar surface area (TPSA) is 50.8 Å². The predicted octanol–water partition coefficient (Wildman–Crippen LogP) is 1.27. The number of carbonyl (C=O) groups excluding carboxylic acids is 1. The van der Waals surface area contributed by atoms with E-state index in [1.54, 1.807) is 0 Å². The first-order chi connectivity index (χ1) is 9.71. The van der Waals surface area contributed by atoms with E-state index in [1.807, 2.05) is 0 Å². The molecule has 1 spiro atoms. The lowest BCUT2D eigenvalue weighted by Gasteiger charge is -2.35. The summed E-state index contributed by atoms with van der Waals surface area (Å²) in [6.45, 7) is 5.07. The molecule has 1 amide bonds. The number of nitrogens with one attached hydrogen (secondary N) is 1. The summed E-state index contributed by atoms with van der Waals surface area (Å²) in [5.74, 6) is -0.155. The predicted molar refractivity (Wildman–Crippen MR) is 75.3 cm³/mol. The van der Waals surface area contributed by atoms with E-state index >= 15 is 0 Å². The Hall–Kier alpha value is -0.650. The Kier molecular flexibility index (Phi) is 4.29. The van der Waals surface area contributed by atoms with Gasteiger partial charge in [-0.25, -0.2) is 0 Å². The number of nitrogens with zero attached hydrogens (tertiary/aromatic N) is 1. The molecular weight excluding hydrogens is 256 g/mol. The molecule has 1 heterocycles. The summed E-state index contributed by atoms with van der Waals surface area (Å²) in [6, 6.07) is 0.944. The zero-order valence-electron chi connectivity index (χ0n) is 12.4. The molecule has 20 heavy (non-hydrogen) atoms. The maximum atomic E-state index is 12.1. The summed E-state index contributed by atoms with van der Waals surface area (Å²) in [5, 5.41) is 3.18. The van der Waals surface area contributed by atoms with Crippen LogP contribution in [0.3, 0.4) is 0 Å². The number of likely N-dealkylation sites (N-methyl/N-ethyl adjacent to an activating group) is 1. The molecule has 0 aromatic carbocycles. The number of carbonyl (C=O) groups is 1. The van der Waals surface area contributed by atoms with Crippen molar-refractivity contribution >= 4 is 5.91 Å². The highest BCUT2D eigenvalue weighted by atomic mass is 16.7. The molecule has 0 bridgehead atoms. The fraction of sp³-hybridized carbons (Fsp3) is 0.933. The largest absolute Gasteiger partial charge is 0.352 e. The smallest absolute Gasteiger partial charge is 0.234 e. The van der Waals surface area contributed by atoms with E-state index in [-0.39, 0.29) is 11.7 Å². The van der Waals surface area contributed by atoms with Crippen molar-refractivity contribution in [3.63, 3.8) is 0 Å². The minimum absolute atomic E-state index is 0.174. The van der Waals surface area contributed by atoms with Gasteiger partial charge in [0, 0.05) is 24.9 Å². The highest BCUT2D eigenvalue weighted by molar-refractivity contribution is 5.78. The van der Waals surface area contributed by atoms with Crippen molar-refractivity contribution in [3.05, 3.63) is 0 Å². The van der Waals surface area contributed by atoms with Crippen LogP contribution in [0.4, 0.5) is 0 Å². The average molecular weight is 282 g/mol. The van der Waals surface area contributed by atoms with Gasteiger partial charge in [-0.3, -0.25) is 9.69 Å². The number of hydrogen-bond donors (Lipinski definition) is 1. The lowest BCUT2D eigenvalue weighted by molar-refractivity contribution is -0.180. The SMILES string of the molecule is CCN(CC(=O)NC1CCC2(CC1)OCCO2)C1CC1. The summed E-state index contributed by atoms with van der Waals surface area (Å²) in [5.41, 5.74) is 0. The van der Waals surface area contributed by atoms with Crippen LogP contribution in [-0.4, -0.2) is 55.0 Å². The molecule has 3 aliphatic rings. The average Bonchev–Trinajstić information content (AvgIpc) is 3.20. The molecule has 1 aliphatic heterocycles. The summed E-state index contributed by atoms with van der Waals surface area (Å²) >= 11 is 0. The van der Waals surface area contributed by atoms with Crippen molar-refractivity contribution < 1.29 is 14.3 Å². The fourth-order valence-electron chi connectivity index (χ4n) is 3.38. The van der Waals surface area contributed by atoms with Crippen LogP contribution in [0.5, 0.6) is 0 Å². The second-order valence-electron chi connectivity index (χ2n) is 6.24. The van der Waals surface area contributed by atoms with Gasteiger partial charge in [0.05, 0.1) is 19.8 Å². The van der Waals surface area contributed by atoms with Crippen molar-refractivity contribution in [2.45, 2.75) is 63.3 Å². The van der Waals surface area contributed by atoms with Crippen molar-refractivity contribution in [2.75, 3.05) is 26.3 Å². The number of rotatable bonds is 5. The third-order valence-electron chi connectivity index (χ3n) is 4.74. The van der Waals surface area contributed by atoms with Crippen LogP contribution >= 0.6 is 0 Å². The van der Waals surface area contributed by atoms with Gasteiger partial charge in [-0.1, -0.05) is 6.92 Å². The lowest BCUT2D eigenvalue weighted by atomic mass is 9.90. The fourth-order valence-corrected chi connectivity index (χ4v) is 3.38. The monoisotopic (exact) mass is 282 g/mol. The third-order valence-corrected chi connectivity index (χ3v) is 4.74. The Morgan fingerprint density at radius 2 is 1.85 bits per heavy atom. The highest BCUT2D eigenvalue weighted by Gasteiger charge is 2.40. The number of ether oxygens (including phenoxy) is 2. The Morgan fingerprint density at radius 3 is 2.40 bits per heavy atom. The van der Waals surface area contributed by atoms with Crippen molar-refractivity contribution in [3.8, 4) is 0 Å². The van der Waals surface area contributed by atoms with Gasteiger partial charge in [-0.2, -0.15) is 0 Å².